The molecule has 0 aliphatic heterocycles. The molecule has 0 saturated heterocycles. The van der Waals surface area contributed by atoms with Crippen molar-refractivity contribution in [3.05, 3.63) is 102 Å². The van der Waals surface area contributed by atoms with E-state index in [0.29, 0.717) is 11.1 Å². The van der Waals surface area contributed by atoms with Gasteiger partial charge < -0.3 is 4.57 Å². The van der Waals surface area contributed by atoms with Crippen molar-refractivity contribution in [3.8, 4) is 0 Å². The molecule has 0 N–H and O–H groups in total. The monoisotopic (exact) mass is 415 g/mol. The average molecular weight is 416 g/mol. The van der Waals surface area contributed by atoms with E-state index in [-0.39, 0.29) is 11.2 Å². The summed E-state index contributed by atoms with van der Waals surface area (Å²) < 4.78 is 15.7. The zero-order valence-corrected chi connectivity index (χ0v) is 18.1. The third-order valence-corrected chi connectivity index (χ3v) is 7.14. The lowest BCUT2D eigenvalue weighted by molar-refractivity contribution is 0.103. The van der Waals surface area contributed by atoms with E-state index in [0.717, 1.165) is 34.3 Å². The molecule has 0 saturated carbocycles. The van der Waals surface area contributed by atoms with Crippen LogP contribution < -0.4 is 0 Å². The van der Waals surface area contributed by atoms with Crippen LogP contribution >= 0.6 is 0 Å². The second kappa shape index (κ2) is 8.80. The highest BCUT2D eigenvalue weighted by molar-refractivity contribution is 7.85. The lowest BCUT2D eigenvalue weighted by Crippen LogP contribution is -2.17. The summed E-state index contributed by atoms with van der Waals surface area (Å²) in [5.41, 5.74) is 3.19. The fraction of sp³-hybridized carbons (Fsp3) is 0.192. The van der Waals surface area contributed by atoms with Gasteiger partial charge in [0.05, 0.1) is 21.9 Å². The fourth-order valence-corrected chi connectivity index (χ4v) is 5.73. The molecule has 30 heavy (non-hydrogen) atoms. The van der Waals surface area contributed by atoms with Gasteiger partial charge in [0.1, 0.15) is 5.37 Å². The van der Waals surface area contributed by atoms with Gasteiger partial charge in [-0.2, -0.15) is 0 Å². The van der Waals surface area contributed by atoms with Crippen LogP contribution in [-0.4, -0.2) is 14.6 Å². The van der Waals surface area contributed by atoms with Gasteiger partial charge in [0, 0.05) is 21.5 Å². The minimum absolute atomic E-state index is 0.00351. The van der Waals surface area contributed by atoms with Crippen LogP contribution in [0.15, 0.2) is 89.8 Å². The highest BCUT2D eigenvalue weighted by Gasteiger charge is 2.27. The van der Waals surface area contributed by atoms with Gasteiger partial charge in [0.15, 0.2) is 5.78 Å². The lowest BCUT2D eigenvalue weighted by atomic mass is 10.0. The Bertz CT molecular complexity index is 1200. The number of aromatic nitrogens is 1. The van der Waals surface area contributed by atoms with Gasteiger partial charge in [0.25, 0.3) is 0 Å². The predicted octanol–water partition coefficient (Wildman–Crippen LogP) is 6.29. The molecule has 0 radical (unpaired) electrons. The minimum Gasteiger partial charge on any atom is -0.329 e. The van der Waals surface area contributed by atoms with Crippen LogP contribution in [0.25, 0.3) is 10.9 Å². The molecule has 4 heteroatoms. The number of carbonyl (C=O) groups excluding carboxylic acids is 1. The highest BCUT2D eigenvalue weighted by Crippen LogP contribution is 2.35. The SMILES string of the molecule is CCCC(n1c(C)c(C(=O)c2ccccc2)c2ccccc21)S(=O)c1ccccc1. The first-order valence-electron chi connectivity index (χ1n) is 10.3. The number of hydrogen-bond acceptors (Lipinski definition) is 2. The number of nitrogens with zero attached hydrogens (tertiary/aromatic N) is 1. The normalized spacial score (nSPS) is 13.3. The van der Waals surface area contributed by atoms with Crippen LogP contribution in [0, 0.1) is 6.92 Å². The summed E-state index contributed by atoms with van der Waals surface area (Å²) in [6, 6.07) is 26.9. The minimum atomic E-state index is -1.23. The van der Waals surface area contributed by atoms with Gasteiger partial charge in [-0.05, 0) is 31.5 Å². The molecular formula is C26H25NO2S. The number of rotatable bonds is 7. The van der Waals surface area contributed by atoms with E-state index in [1.807, 2.05) is 91.9 Å². The Labute approximate surface area is 179 Å². The number of hydrogen-bond donors (Lipinski definition) is 0. The largest absolute Gasteiger partial charge is 0.329 e. The van der Waals surface area contributed by atoms with Gasteiger partial charge in [-0.1, -0.05) is 80.1 Å². The molecule has 152 valence electrons. The van der Waals surface area contributed by atoms with Gasteiger partial charge in [-0.15, -0.1) is 0 Å². The van der Waals surface area contributed by atoms with Crippen molar-refractivity contribution >= 4 is 27.5 Å². The Morgan fingerprint density at radius 1 is 0.900 bits per heavy atom. The summed E-state index contributed by atoms with van der Waals surface area (Å²) in [5, 5.41) is 0.676. The molecule has 2 atom stereocenters. The molecule has 3 aromatic carbocycles. The third kappa shape index (κ3) is 3.63. The maximum Gasteiger partial charge on any atom is 0.195 e. The van der Waals surface area contributed by atoms with E-state index in [1.165, 1.54) is 0 Å². The number of carbonyl (C=O) groups is 1. The fourth-order valence-electron chi connectivity index (χ4n) is 4.07. The zero-order chi connectivity index (χ0) is 21.1. The molecule has 4 rings (SSSR count). The summed E-state index contributed by atoms with van der Waals surface area (Å²) in [6.45, 7) is 4.08. The van der Waals surface area contributed by atoms with Crippen molar-refractivity contribution in [2.24, 2.45) is 0 Å². The maximum atomic E-state index is 13.6. The Kier molecular flexibility index (Phi) is 5.96. The van der Waals surface area contributed by atoms with Crippen LogP contribution in [-0.2, 0) is 10.8 Å². The van der Waals surface area contributed by atoms with Crippen LogP contribution in [0.1, 0.15) is 46.8 Å². The molecule has 1 heterocycles. The Hall–Kier alpha value is -2.98. The first-order chi connectivity index (χ1) is 14.6. The average Bonchev–Trinajstić information content (AvgIpc) is 3.09. The van der Waals surface area contributed by atoms with Crippen LogP contribution in [0.3, 0.4) is 0 Å². The first-order valence-corrected chi connectivity index (χ1v) is 11.5. The van der Waals surface area contributed by atoms with Crippen LogP contribution in [0.2, 0.25) is 0 Å². The molecule has 0 aliphatic rings. The van der Waals surface area contributed by atoms with Crippen molar-refractivity contribution in [2.45, 2.75) is 37.0 Å². The zero-order valence-electron chi connectivity index (χ0n) is 17.2. The molecular weight excluding hydrogens is 390 g/mol. The van der Waals surface area contributed by atoms with Crippen molar-refractivity contribution < 1.29 is 9.00 Å². The first kappa shape index (κ1) is 20.3. The number of ketones is 1. The molecule has 0 amide bonds. The standard InChI is InChI=1S/C26H25NO2S/c1-3-12-24(30(29)21-15-8-5-9-16-21)27-19(2)25(22-17-10-11-18-23(22)27)26(28)20-13-6-4-7-14-20/h4-11,13-18,24H,3,12H2,1-2H3. The van der Waals surface area contributed by atoms with E-state index in [2.05, 4.69) is 11.5 Å². The summed E-state index contributed by atoms with van der Waals surface area (Å²) in [6.07, 6.45) is 1.66. The molecule has 0 bridgehead atoms. The van der Waals surface area contributed by atoms with Crippen molar-refractivity contribution in [1.82, 2.24) is 4.57 Å². The second-order valence-corrected chi connectivity index (χ2v) is 9.01. The lowest BCUT2D eigenvalue weighted by Gasteiger charge is -2.21. The van der Waals surface area contributed by atoms with Crippen molar-refractivity contribution in [1.29, 1.82) is 0 Å². The topological polar surface area (TPSA) is 39.1 Å². The Balaban J connectivity index is 1.91. The third-order valence-electron chi connectivity index (χ3n) is 5.47. The Morgan fingerprint density at radius 2 is 1.50 bits per heavy atom. The van der Waals surface area contributed by atoms with E-state index in [1.54, 1.807) is 0 Å². The summed E-state index contributed by atoms with van der Waals surface area (Å²) in [7, 11) is -1.23. The van der Waals surface area contributed by atoms with E-state index >= 15 is 0 Å². The molecule has 0 aliphatic carbocycles. The van der Waals surface area contributed by atoms with Gasteiger partial charge in [0.2, 0.25) is 0 Å². The van der Waals surface area contributed by atoms with Crippen LogP contribution in [0.5, 0.6) is 0 Å². The van der Waals surface area contributed by atoms with Crippen molar-refractivity contribution in [3.63, 3.8) is 0 Å². The van der Waals surface area contributed by atoms with E-state index < -0.39 is 10.8 Å². The summed E-state index contributed by atoms with van der Waals surface area (Å²) in [5.74, 6) is 0.00351. The number of fused-ring (bicyclic) bond motifs is 1. The molecule has 4 aromatic rings. The smallest absolute Gasteiger partial charge is 0.195 e. The Morgan fingerprint density at radius 3 is 2.17 bits per heavy atom. The maximum absolute atomic E-state index is 13.6. The van der Waals surface area contributed by atoms with Gasteiger partial charge in [-0.3, -0.25) is 9.00 Å². The molecule has 2 unspecified atom stereocenters. The van der Waals surface area contributed by atoms with E-state index in [9.17, 15) is 9.00 Å². The van der Waals surface area contributed by atoms with E-state index in [4.69, 9.17) is 0 Å². The summed E-state index contributed by atoms with van der Waals surface area (Å²) >= 11 is 0. The van der Waals surface area contributed by atoms with Crippen LogP contribution in [0.4, 0.5) is 0 Å². The summed E-state index contributed by atoms with van der Waals surface area (Å²) in [4.78, 5) is 14.2. The van der Waals surface area contributed by atoms with Crippen molar-refractivity contribution in [2.75, 3.05) is 0 Å². The quantitative estimate of drug-likeness (QED) is 0.333. The van der Waals surface area contributed by atoms with Gasteiger partial charge >= 0.3 is 0 Å². The molecule has 3 nitrogen and oxygen atoms in total. The highest BCUT2D eigenvalue weighted by atomic mass is 32.2. The predicted molar refractivity (Wildman–Crippen MR) is 123 cm³/mol. The van der Waals surface area contributed by atoms with Gasteiger partial charge in [-0.25, -0.2) is 0 Å². The number of para-hydroxylation sites is 1. The number of benzene rings is 3. The second-order valence-electron chi connectivity index (χ2n) is 7.40. The molecule has 0 spiro atoms. The molecule has 1 aromatic heterocycles. The molecule has 0 fully saturated rings.